The van der Waals surface area contributed by atoms with Gasteiger partial charge in [-0.2, -0.15) is 0 Å². The number of amides is 2. The minimum absolute atomic E-state index is 0.141. The number of hydrogen-bond donors (Lipinski definition) is 1. The fraction of sp³-hybridized carbons (Fsp3) is 0.364. The lowest BCUT2D eigenvalue weighted by Gasteiger charge is -2.27. The molecule has 0 aliphatic heterocycles. The first-order chi connectivity index (χ1) is 14.4. The monoisotopic (exact) mass is 431 g/mol. The number of nitro benzene ring substituents is 1. The maximum absolute atomic E-state index is 14.1. The molecule has 0 radical (unpaired) electrons. The van der Waals surface area contributed by atoms with E-state index in [-0.39, 0.29) is 17.7 Å². The van der Waals surface area contributed by atoms with E-state index in [1.54, 1.807) is 52.0 Å². The minimum atomic E-state index is -0.838. The summed E-state index contributed by atoms with van der Waals surface area (Å²) in [6, 6.07) is 8.82. The first kappa shape index (κ1) is 23.8. The molecule has 0 atom stereocenters. The second-order valence-electron chi connectivity index (χ2n) is 7.97. The molecule has 0 saturated heterocycles. The van der Waals surface area contributed by atoms with Crippen LogP contribution in [-0.2, 0) is 11.3 Å². The summed E-state index contributed by atoms with van der Waals surface area (Å²) in [5.41, 5.74) is -0.408. The number of para-hydroxylation sites is 1. The van der Waals surface area contributed by atoms with Crippen LogP contribution >= 0.6 is 0 Å². The van der Waals surface area contributed by atoms with Gasteiger partial charge in [0.15, 0.2) is 0 Å². The Morgan fingerprint density at radius 2 is 1.87 bits per heavy atom. The van der Waals surface area contributed by atoms with Gasteiger partial charge >= 0.3 is 6.09 Å². The van der Waals surface area contributed by atoms with E-state index in [1.807, 2.05) is 0 Å². The predicted octanol–water partition coefficient (Wildman–Crippen LogP) is 5.05. The van der Waals surface area contributed by atoms with E-state index >= 15 is 0 Å². The third-order valence-electron chi connectivity index (χ3n) is 4.44. The number of anilines is 1. The first-order valence-corrected chi connectivity index (χ1v) is 9.74. The highest BCUT2D eigenvalue weighted by Crippen LogP contribution is 2.25. The van der Waals surface area contributed by atoms with Crippen molar-refractivity contribution in [1.29, 1.82) is 0 Å². The van der Waals surface area contributed by atoms with Crippen molar-refractivity contribution < 1.29 is 23.6 Å². The largest absolute Gasteiger partial charge is 0.444 e. The summed E-state index contributed by atoms with van der Waals surface area (Å²) in [6.07, 6.45) is -0.493. The van der Waals surface area contributed by atoms with Crippen LogP contribution in [0.25, 0.3) is 0 Å². The summed E-state index contributed by atoms with van der Waals surface area (Å²) < 4.78 is 19.5. The van der Waals surface area contributed by atoms with Crippen LogP contribution in [0.1, 0.15) is 49.2 Å². The quantitative estimate of drug-likeness (QED) is 0.509. The summed E-state index contributed by atoms with van der Waals surface area (Å²) in [7, 11) is 0. The Hall–Kier alpha value is -3.49. The van der Waals surface area contributed by atoms with Crippen LogP contribution in [0.15, 0.2) is 36.4 Å². The van der Waals surface area contributed by atoms with Crippen LogP contribution in [0, 0.1) is 22.9 Å². The van der Waals surface area contributed by atoms with Crippen LogP contribution in [0.2, 0.25) is 0 Å². The second-order valence-corrected chi connectivity index (χ2v) is 7.97. The lowest BCUT2D eigenvalue weighted by molar-refractivity contribution is -0.385. The standard InChI is InChI=1S/C22H26FN3O5/c1-6-25(21(28)31-22(3,4)5)13-15-9-7-8-10-18(15)24-20(27)16-11-17(23)14(2)19(12-16)26(29)30/h7-12H,6,13H2,1-5H3,(H,24,27). The molecule has 0 spiro atoms. The molecule has 9 heteroatoms. The second kappa shape index (κ2) is 9.55. The van der Waals surface area contributed by atoms with Gasteiger partial charge in [0.1, 0.15) is 11.4 Å². The smallest absolute Gasteiger partial charge is 0.410 e. The van der Waals surface area contributed by atoms with E-state index in [0.717, 1.165) is 12.1 Å². The van der Waals surface area contributed by atoms with Crippen LogP contribution in [0.4, 0.5) is 20.6 Å². The highest BCUT2D eigenvalue weighted by Gasteiger charge is 2.23. The normalized spacial score (nSPS) is 11.0. The number of halogens is 1. The summed E-state index contributed by atoms with van der Waals surface area (Å²) in [6.45, 7) is 8.95. The molecule has 166 valence electrons. The maximum Gasteiger partial charge on any atom is 0.410 e. The molecule has 2 aromatic rings. The van der Waals surface area contributed by atoms with Crippen molar-refractivity contribution in [2.24, 2.45) is 0 Å². The van der Waals surface area contributed by atoms with Crippen molar-refractivity contribution in [2.75, 3.05) is 11.9 Å². The Morgan fingerprint density at radius 3 is 2.45 bits per heavy atom. The van der Waals surface area contributed by atoms with Gasteiger partial charge in [0.05, 0.1) is 17.0 Å². The van der Waals surface area contributed by atoms with E-state index in [9.17, 15) is 24.1 Å². The minimum Gasteiger partial charge on any atom is -0.444 e. The first-order valence-electron chi connectivity index (χ1n) is 9.74. The number of hydrogen-bond acceptors (Lipinski definition) is 5. The lowest BCUT2D eigenvalue weighted by Crippen LogP contribution is -2.36. The van der Waals surface area contributed by atoms with Gasteiger partial charge in [-0.25, -0.2) is 9.18 Å². The van der Waals surface area contributed by atoms with Crippen LogP contribution in [-0.4, -0.2) is 34.0 Å². The van der Waals surface area contributed by atoms with E-state index in [2.05, 4.69) is 5.32 Å². The Kier molecular flexibility index (Phi) is 7.32. The van der Waals surface area contributed by atoms with Gasteiger partial charge in [-0.1, -0.05) is 18.2 Å². The van der Waals surface area contributed by atoms with E-state index in [1.165, 1.54) is 11.8 Å². The molecule has 31 heavy (non-hydrogen) atoms. The zero-order valence-electron chi connectivity index (χ0n) is 18.2. The average Bonchev–Trinajstić information content (AvgIpc) is 2.67. The van der Waals surface area contributed by atoms with Crippen molar-refractivity contribution in [3.8, 4) is 0 Å². The van der Waals surface area contributed by atoms with Gasteiger partial charge in [0.25, 0.3) is 11.6 Å². The van der Waals surface area contributed by atoms with Crippen molar-refractivity contribution >= 4 is 23.4 Å². The molecule has 1 N–H and O–H groups in total. The molecule has 0 fully saturated rings. The Labute approximate surface area is 180 Å². The Balaban J connectivity index is 2.27. The Bertz CT molecular complexity index is 1000. The summed E-state index contributed by atoms with van der Waals surface area (Å²) in [5, 5.41) is 13.8. The van der Waals surface area contributed by atoms with Gasteiger partial charge < -0.3 is 15.0 Å². The molecule has 0 aromatic heterocycles. The molecule has 0 aliphatic carbocycles. The van der Waals surface area contributed by atoms with Crippen LogP contribution in [0.3, 0.4) is 0 Å². The van der Waals surface area contributed by atoms with Gasteiger partial charge in [-0.3, -0.25) is 14.9 Å². The molecular weight excluding hydrogens is 405 g/mol. The van der Waals surface area contributed by atoms with Crippen molar-refractivity contribution in [2.45, 2.75) is 46.8 Å². The number of benzene rings is 2. The third-order valence-corrected chi connectivity index (χ3v) is 4.44. The fourth-order valence-corrected chi connectivity index (χ4v) is 2.80. The number of nitro groups is 1. The summed E-state index contributed by atoms with van der Waals surface area (Å²) >= 11 is 0. The van der Waals surface area contributed by atoms with Gasteiger partial charge in [0.2, 0.25) is 0 Å². The molecule has 0 bridgehead atoms. The van der Waals surface area contributed by atoms with Gasteiger partial charge in [-0.15, -0.1) is 0 Å². The SMILES string of the molecule is CCN(Cc1ccccc1NC(=O)c1cc(F)c(C)c([N+](=O)[O-])c1)C(=O)OC(C)(C)C. The number of carbonyl (C=O) groups is 2. The summed E-state index contributed by atoms with van der Waals surface area (Å²) in [5.74, 6) is -1.54. The number of nitrogens with one attached hydrogen (secondary N) is 1. The predicted molar refractivity (Wildman–Crippen MR) is 115 cm³/mol. The zero-order chi connectivity index (χ0) is 23.3. The van der Waals surface area contributed by atoms with Crippen LogP contribution in [0.5, 0.6) is 0 Å². The molecular formula is C22H26FN3O5. The molecule has 2 rings (SSSR count). The molecule has 0 heterocycles. The molecule has 0 aliphatic rings. The average molecular weight is 431 g/mol. The molecule has 8 nitrogen and oxygen atoms in total. The fourth-order valence-electron chi connectivity index (χ4n) is 2.80. The topological polar surface area (TPSA) is 102 Å². The van der Waals surface area contributed by atoms with Crippen molar-refractivity contribution in [1.82, 2.24) is 4.90 Å². The van der Waals surface area contributed by atoms with E-state index in [0.29, 0.717) is 17.8 Å². The van der Waals surface area contributed by atoms with Gasteiger partial charge in [-0.05, 0) is 52.3 Å². The highest BCUT2D eigenvalue weighted by atomic mass is 19.1. The van der Waals surface area contributed by atoms with Crippen LogP contribution < -0.4 is 5.32 Å². The Morgan fingerprint density at radius 1 is 1.23 bits per heavy atom. The maximum atomic E-state index is 14.1. The molecule has 0 unspecified atom stereocenters. The number of ether oxygens (including phenoxy) is 1. The molecule has 2 amide bonds. The molecule has 0 saturated carbocycles. The third kappa shape index (κ3) is 6.24. The number of rotatable bonds is 6. The van der Waals surface area contributed by atoms with E-state index < -0.39 is 34.0 Å². The lowest BCUT2D eigenvalue weighted by atomic mass is 10.1. The number of carbonyl (C=O) groups excluding carboxylic acids is 2. The van der Waals surface area contributed by atoms with E-state index in [4.69, 9.17) is 4.74 Å². The number of nitrogens with zero attached hydrogens (tertiary/aromatic N) is 2. The summed E-state index contributed by atoms with van der Waals surface area (Å²) in [4.78, 5) is 37.0. The van der Waals surface area contributed by atoms with Gasteiger partial charge in [0, 0.05) is 23.9 Å². The molecule has 2 aromatic carbocycles. The van der Waals surface area contributed by atoms with Crippen molar-refractivity contribution in [3.05, 3.63) is 69.0 Å². The highest BCUT2D eigenvalue weighted by molar-refractivity contribution is 6.05. The zero-order valence-corrected chi connectivity index (χ0v) is 18.2. The van der Waals surface area contributed by atoms with Crippen molar-refractivity contribution in [3.63, 3.8) is 0 Å².